The average Bonchev–Trinajstić information content (AvgIpc) is 3.02. The van der Waals surface area contributed by atoms with Crippen LogP contribution in [0.5, 0.6) is 0 Å². The number of amides is 1. The summed E-state index contributed by atoms with van der Waals surface area (Å²) in [5, 5.41) is 6.30. The molecular weight excluding hydrogens is 228 g/mol. The number of benzene rings is 1. The summed E-state index contributed by atoms with van der Waals surface area (Å²) in [6.45, 7) is 0.697. The zero-order valence-corrected chi connectivity index (χ0v) is 10.3. The molecule has 1 unspecified atom stereocenters. The van der Waals surface area contributed by atoms with Gasteiger partial charge in [-0.3, -0.25) is 4.79 Å². The van der Waals surface area contributed by atoms with Gasteiger partial charge in [-0.05, 0) is 49.9 Å². The van der Waals surface area contributed by atoms with Crippen LogP contribution in [-0.2, 0) is 9.53 Å². The highest BCUT2D eigenvalue weighted by Gasteiger charge is 2.23. The Labute approximate surface area is 107 Å². The number of nitrogens with one attached hydrogen (secondary N) is 2. The van der Waals surface area contributed by atoms with Crippen molar-refractivity contribution in [3.8, 4) is 0 Å². The molecule has 4 nitrogen and oxygen atoms in total. The number of ether oxygens (including phenoxy) is 1. The van der Waals surface area contributed by atoms with Gasteiger partial charge >= 0.3 is 0 Å². The molecule has 1 amide bonds. The lowest BCUT2D eigenvalue weighted by Crippen LogP contribution is -2.26. The van der Waals surface area contributed by atoms with Crippen LogP contribution >= 0.6 is 0 Å². The van der Waals surface area contributed by atoms with Crippen LogP contribution in [0.15, 0.2) is 24.3 Å². The van der Waals surface area contributed by atoms with Crippen LogP contribution in [0.3, 0.4) is 0 Å². The minimum absolute atomic E-state index is 0.0320. The predicted octanol–water partition coefficient (Wildman–Crippen LogP) is 2.38. The van der Waals surface area contributed by atoms with E-state index in [0.29, 0.717) is 12.6 Å². The van der Waals surface area contributed by atoms with Gasteiger partial charge in [-0.25, -0.2) is 0 Å². The fourth-order valence-corrected chi connectivity index (χ4v) is 2.12. The number of hydrogen-bond donors (Lipinski definition) is 2. The first kappa shape index (κ1) is 11.5. The van der Waals surface area contributed by atoms with E-state index in [2.05, 4.69) is 10.6 Å². The molecule has 1 aliphatic carbocycles. The standard InChI is InChI=1S/C14H18N2O2/c17-14(13-2-1-9-18-13)16-12-7-5-11(6-8-12)15-10-3-4-10/h5-8,10,13,15H,1-4,9H2,(H,16,17). The second kappa shape index (κ2) is 4.98. The van der Waals surface area contributed by atoms with E-state index in [4.69, 9.17) is 4.74 Å². The summed E-state index contributed by atoms with van der Waals surface area (Å²) >= 11 is 0. The van der Waals surface area contributed by atoms with E-state index in [1.54, 1.807) is 0 Å². The van der Waals surface area contributed by atoms with Crippen molar-refractivity contribution in [3.63, 3.8) is 0 Å². The van der Waals surface area contributed by atoms with Crippen LogP contribution < -0.4 is 10.6 Å². The van der Waals surface area contributed by atoms with Crippen LogP contribution in [-0.4, -0.2) is 24.7 Å². The second-order valence-electron chi connectivity index (χ2n) is 4.99. The Morgan fingerprint density at radius 2 is 1.83 bits per heavy atom. The molecule has 0 spiro atoms. The zero-order valence-electron chi connectivity index (χ0n) is 10.3. The topological polar surface area (TPSA) is 50.4 Å². The lowest BCUT2D eigenvalue weighted by atomic mass is 10.2. The van der Waals surface area contributed by atoms with Crippen molar-refractivity contribution in [2.24, 2.45) is 0 Å². The Morgan fingerprint density at radius 1 is 1.11 bits per heavy atom. The minimum atomic E-state index is -0.269. The highest BCUT2D eigenvalue weighted by atomic mass is 16.5. The van der Waals surface area contributed by atoms with Gasteiger partial charge in [-0.15, -0.1) is 0 Å². The van der Waals surface area contributed by atoms with Crippen molar-refractivity contribution in [1.82, 2.24) is 0 Å². The van der Waals surface area contributed by atoms with E-state index in [0.717, 1.165) is 24.2 Å². The monoisotopic (exact) mass is 246 g/mol. The van der Waals surface area contributed by atoms with E-state index < -0.39 is 0 Å². The van der Waals surface area contributed by atoms with Gasteiger partial charge in [0, 0.05) is 24.0 Å². The fraction of sp³-hybridized carbons (Fsp3) is 0.500. The molecule has 1 heterocycles. The third-order valence-electron chi connectivity index (χ3n) is 3.32. The minimum Gasteiger partial charge on any atom is -0.382 e. The molecule has 1 atom stereocenters. The van der Waals surface area contributed by atoms with Gasteiger partial charge in [-0.1, -0.05) is 0 Å². The normalized spacial score (nSPS) is 22.8. The summed E-state index contributed by atoms with van der Waals surface area (Å²) in [6.07, 6.45) is 4.05. The first-order valence-electron chi connectivity index (χ1n) is 6.60. The maximum atomic E-state index is 11.8. The molecule has 2 fully saturated rings. The molecule has 0 bridgehead atoms. The van der Waals surface area contributed by atoms with Crippen molar-refractivity contribution in [2.45, 2.75) is 37.8 Å². The molecule has 0 aromatic heterocycles. The first-order chi connectivity index (χ1) is 8.81. The van der Waals surface area contributed by atoms with Gasteiger partial charge < -0.3 is 15.4 Å². The fourth-order valence-electron chi connectivity index (χ4n) is 2.12. The third kappa shape index (κ3) is 2.82. The summed E-state index contributed by atoms with van der Waals surface area (Å²) in [7, 11) is 0. The van der Waals surface area contributed by atoms with Crippen LogP contribution in [0.4, 0.5) is 11.4 Å². The van der Waals surface area contributed by atoms with Crippen LogP contribution in [0.25, 0.3) is 0 Å². The molecule has 2 N–H and O–H groups in total. The molecule has 1 aliphatic heterocycles. The number of hydrogen-bond acceptors (Lipinski definition) is 3. The predicted molar refractivity (Wildman–Crippen MR) is 70.7 cm³/mol. The summed E-state index contributed by atoms with van der Waals surface area (Å²) in [5.41, 5.74) is 1.95. The summed E-state index contributed by atoms with van der Waals surface area (Å²) in [5.74, 6) is -0.0320. The van der Waals surface area contributed by atoms with E-state index in [1.165, 1.54) is 12.8 Å². The molecule has 1 aromatic carbocycles. The Morgan fingerprint density at radius 3 is 2.44 bits per heavy atom. The molecule has 96 valence electrons. The lowest BCUT2D eigenvalue weighted by molar-refractivity contribution is -0.124. The summed E-state index contributed by atoms with van der Waals surface area (Å²) in [4.78, 5) is 11.8. The molecule has 1 saturated carbocycles. The van der Waals surface area contributed by atoms with E-state index in [9.17, 15) is 4.79 Å². The largest absolute Gasteiger partial charge is 0.382 e. The van der Waals surface area contributed by atoms with Crippen LogP contribution in [0.1, 0.15) is 25.7 Å². The van der Waals surface area contributed by atoms with Crippen LogP contribution in [0, 0.1) is 0 Å². The Balaban J connectivity index is 1.56. The highest BCUT2D eigenvalue weighted by Crippen LogP contribution is 2.25. The molecule has 4 heteroatoms. The summed E-state index contributed by atoms with van der Waals surface area (Å²) in [6, 6.07) is 8.51. The quantitative estimate of drug-likeness (QED) is 0.857. The van der Waals surface area contributed by atoms with Gasteiger partial charge in [0.05, 0.1) is 0 Å². The van der Waals surface area contributed by atoms with Gasteiger partial charge in [0.1, 0.15) is 6.10 Å². The average molecular weight is 246 g/mol. The molecular formula is C14H18N2O2. The van der Waals surface area contributed by atoms with Gasteiger partial charge in [0.25, 0.3) is 5.91 Å². The van der Waals surface area contributed by atoms with Gasteiger partial charge in [-0.2, -0.15) is 0 Å². The third-order valence-corrected chi connectivity index (χ3v) is 3.32. The highest BCUT2D eigenvalue weighted by molar-refractivity contribution is 5.94. The lowest BCUT2D eigenvalue weighted by Gasteiger charge is -2.11. The molecule has 2 aliphatic rings. The van der Waals surface area contributed by atoms with Crippen molar-refractivity contribution in [2.75, 3.05) is 17.2 Å². The molecule has 3 rings (SSSR count). The molecule has 18 heavy (non-hydrogen) atoms. The number of anilines is 2. The first-order valence-corrected chi connectivity index (χ1v) is 6.60. The Hall–Kier alpha value is -1.55. The smallest absolute Gasteiger partial charge is 0.253 e. The van der Waals surface area contributed by atoms with E-state index >= 15 is 0 Å². The summed E-state index contributed by atoms with van der Waals surface area (Å²) < 4.78 is 5.35. The number of carbonyl (C=O) groups is 1. The molecule has 0 radical (unpaired) electrons. The van der Waals surface area contributed by atoms with Gasteiger partial charge in [0.2, 0.25) is 0 Å². The van der Waals surface area contributed by atoms with Crippen molar-refractivity contribution in [3.05, 3.63) is 24.3 Å². The zero-order chi connectivity index (χ0) is 12.4. The number of carbonyl (C=O) groups excluding carboxylic acids is 1. The van der Waals surface area contributed by atoms with Crippen molar-refractivity contribution in [1.29, 1.82) is 0 Å². The van der Waals surface area contributed by atoms with E-state index in [1.807, 2.05) is 24.3 Å². The second-order valence-corrected chi connectivity index (χ2v) is 4.99. The van der Waals surface area contributed by atoms with E-state index in [-0.39, 0.29) is 12.0 Å². The van der Waals surface area contributed by atoms with Crippen molar-refractivity contribution < 1.29 is 9.53 Å². The van der Waals surface area contributed by atoms with Crippen molar-refractivity contribution >= 4 is 17.3 Å². The van der Waals surface area contributed by atoms with Gasteiger partial charge in [0.15, 0.2) is 0 Å². The maximum Gasteiger partial charge on any atom is 0.253 e. The molecule has 1 aromatic rings. The molecule has 1 saturated heterocycles. The SMILES string of the molecule is O=C(Nc1ccc(NC2CC2)cc1)C1CCCO1. The Bertz CT molecular complexity index is 420. The number of rotatable bonds is 4. The maximum absolute atomic E-state index is 11.8. The van der Waals surface area contributed by atoms with Crippen LogP contribution in [0.2, 0.25) is 0 Å². The Kier molecular flexibility index (Phi) is 3.19.